The molecule has 0 spiro atoms. The molecule has 1 saturated carbocycles. The Kier molecular flexibility index (Phi) is 7.17. The number of likely N-dealkylation sites (tertiary alicyclic amines) is 1. The van der Waals surface area contributed by atoms with Crippen molar-refractivity contribution in [3.05, 3.63) is 35.4 Å². The van der Waals surface area contributed by atoms with Crippen molar-refractivity contribution in [1.29, 1.82) is 0 Å². The fraction of sp³-hybridized carbons (Fsp3) is 0.526. The second kappa shape index (κ2) is 9.14. The predicted octanol–water partition coefficient (Wildman–Crippen LogP) is 2.00. The third kappa shape index (κ3) is 4.62. The Labute approximate surface area is 159 Å². The third-order valence-corrected chi connectivity index (χ3v) is 5.24. The average molecular weight is 380 g/mol. The number of nitrogens with one attached hydrogen (secondary N) is 1. The molecule has 2 fully saturated rings. The monoisotopic (exact) mass is 379 g/mol. The highest BCUT2D eigenvalue weighted by atomic mass is 35.5. The maximum Gasteiger partial charge on any atom is 0.251 e. The van der Waals surface area contributed by atoms with Crippen LogP contribution in [-0.4, -0.2) is 35.2 Å². The molecular formula is C19H26ClN3O3. The summed E-state index contributed by atoms with van der Waals surface area (Å²) in [6, 6.07) is 7.24. The van der Waals surface area contributed by atoms with E-state index in [9.17, 15) is 14.4 Å². The number of nitrogens with two attached hydrogens (primary N) is 1. The minimum atomic E-state index is -0.128. The van der Waals surface area contributed by atoms with E-state index in [1.807, 2.05) is 0 Å². The van der Waals surface area contributed by atoms with Gasteiger partial charge >= 0.3 is 0 Å². The van der Waals surface area contributed by atoms with Gasteiger partial charge in [0.1, 0.15) is 0 Å². The van der Waals surface area contributed by atoms with Crippen molar-refractivity contribution in [1.82, 2.24) is 10.2 Å². The molecule has 1 aromatic carbocycles. The molecule has 1 aromatic rings. The van der Waals surface area contributed by atoms with Crippen molar-refractivity contribution in [3.8, 4) is 0 Å². The van der Waals surface area contributed by atoms with Crippen LogP contribution in [0.25, 0.3) is 0 Å². The van der Waals surface area contributed by atoms with Gasteiger partial charge in [0.2, 0.25) is 11.8 Å². The van der Waals surface area contributed by atoms with Crippen molar-refractivity contribution in [2.24, 2.45) is 11.7 Å². The van der Waals surface area contributed by atoms with Gasteiger partial charge in [0.15, 0.2) is 0 Å². The van der Waals surface area contributed by atoms with Gasteiger partial charge in [-0.3, -0.25) is 19.3 Å². The zero-order valence-electron chi connectivity index (χ0n) is 14.8. The van der Waals surface area contributed by atoms with Gasteiger partial charge < -0.3 is 11.1 Å². The van der Waals surface area contributed by atoms with Gasteiger partial charge in [0.25, 0.3) is 5.91 Å². The molecule has 3 amide bonds. The Hall–Kier alpha value is -1.92. The molecule has 7 heteroatoms. The van der Waals surface area contributed by atoms with Crippen LogP contribution in [0.4, 0.5) is 0 Å². The zero-order valence-corrected chi connectivity index (χ0v) is 15.6. The number of benzene rings is 1. The molecule has 1 aliphatic heterocycles. The molecule has 3 N–H and O–H groups in total. The van der Waals surface area contributed by atoms with Gasteiger partial charge in [-0.25, -0.2) is 0 Å². The first-order valence-electron chi connectivity index (χ1n) is 9.01. The summed E-state index contributed by atoms with van der Waals surface area (Å²) >= 11 is 0. The topological polar surface area (TPSA) is 92.5 Å². The molecule has 1 saturated heterocycles. The molecule has 6 nitrogen and oxygen atoms in total. The lowest BCUT2D eigenvalue weighted by atomic mass is 9.84. The SMILES string of the molecule is Cl.NCC1CCCCC1NC(=O)c1ccc(CN2C(=O)CCC2=O)cc1. The van der Waals surface area contributed by atoms with Crippen molar-refractivity contribution in [3.63, 3.8) is 0 Å². The summed E-state index contributed by atoms with van der Waals surface area (Å²) in [5.41, 5.74) is 7.25. The first-order valence-corrected chi connectivity index (χ1v) is 9.01. The van der Waals surface area contributed by atoms with Crippen LogP contribution in [0.2, 0.25) is 0 Å². The van der Waals surface area contributed by atoms with Gasteiger partial charge in [-0.15, -0.1) is 12.4 Å². The molecule has 2 atom stereocenters. The van der Waals surface area contributed by atoms with Gasteiger partial charge in [-0.2, -0.15) is 0 Å². The molecular weight excluding hydrogens is 354 g/mol. The molecule has 0 radical (unpaired) electrons. The lowest BCUT2D eigenvalue weighted by Crippen LogP contribution is -2.44. The van der Waals surface area contributed by atoms with Gasteiger partial charge in [-0.1, -0.05) is 25.0 Å². The van der Waals surface area contributed by atoms with E-state index in [1.54, 1.807) is 24.3 Å². The fourth-order valence-corrected chi connectivity index (χ4v) is 3.67. The van der Waals surface area contributed by atoms with Crippen LogP contribution in [-0.2, 0) is 16.1 Å². The largest absolute Gasteiger partial charge is 0.349 e. The van der Waals surface area contributed by atoms with Crippen molar-refractivity contribution in [2.45, 2.75) is 51.1 Å². The Balaban J connectivity index is 0.00000243. The van der Waals surface area contributed by atoms with Crippen LogP contribution in [0.3, 0.4) is 0 Å². The number of carbonyl (C=O) groups is 3. The van der Waals surface area contributed by atoms with E-state index in [4.69, 9.17) is 5.73 Å². The average Bonchev–Trinajstić information content (AvgIpc) is 2.94. The highest BCUT2D eigenvalue weighted by Gasteiger charge is 2.29. The van der Waals surface area contributed by atoms with Crippen LogP contribution in [0.5, 0.6) is 0 Å². The van der Waals surface area contributed by atoms with E-state index in [0.29, 0.717) is 30.9 Å². The summed E-state index contributed by atoms with van der Waals surface area (Å²) in [7, 11) is 0. The quantitative estimate of drug-likeness (QED) is 0.765. The van der Waals surface area contributed by atoms with Crippen LogP contribution < -0.4 is 11.1 Å². The van der Waals surface area contributed by atoms with Crippen molar-refractivity contribution in [2.75, 3.05) is 6.54 Å². The van der Waals surface area contributed by atoms with E-state index >= 15 is 0 Å². The van der Waals surface area contributed by atoms with Crippen LogP contribution in [0.1, 0.15) is 54.4 Å². The molecule has 3 rings (SSSR count). The molecule has 0 bridgehead atoms. The molecule has 2 aliphatic rings. The number of amides is 3. The number of hydrogen-bond acceptors (Lipinski definition) is 4. The Morgan fingerprint density at radius 1 is 1.08 bits per heavy atom. The Morgan fingerprint density at radius 2 is 1.69 bits per heavy atom. The lowest BCUT2D eigenvalue weighted by molar-refractivity contribution is -0.139. The second-order valence-electron chi connectivity index (χ2n) is 6.93. The van der Waals surface area contributed by atoms with Crippen LogP contribution in [0.15, 0.2) is 24.3 Å². The van der Waals surface area contributed by atoms with E-state index in [0.717, 1.165) is 24.8 Å². The summed E-state index contributed by atoms with van der Waals surface area (Å²) in [6.45, 7) is 0.874. The predicted molar refractivity (Wildman–Crippen MR) is 101 cm³/mol. The minimum absolute atomic E-state index is 0. The van der Waals surface area contributed by atoms with E-state index in [2.05, 4.69) is 5.32 Å². The fourth-order valence-electron chi connectivity index (χ4n) is 3.67. The van der Waals surface area contributed by atoms with Crippen LogP contribution in [0, 0.1) is 5.92 Å². The molecule has 1 heterocycles. The summed E-state index contributed by atoms with van der Waals surface area (Å²) in [5, 5.41) is 3.11. The van der Waals surface area contributed by atoms with E-state index in [1.165, 1.54) is 11.3 Å². The zero-order chi connectivity index (χ0) is 17.8. The second-order valence-corrected chi connectivity index (χ2v) is 6.93. The van der Waals surface area contributed by atoms with Gasteiger partial charge in [-0.05, 0) is 43.0 Å². The molecule has 26 heavy (non-hydrogen) atoms. The first kappa shape index (κ1) is 20.4. The molecule has 2 unspecified atom stereocenters. The highest BCUT2D eigenvalue weighted by molar-refractivity contribution is 6.01. The normalized spacial score (nSPS) is 22.9. The maximum absolute atomic E-state index is 12.5. The Bertz CT molecular complexity index is 646. The molecule has 142 valence electrons. The number of imide groups is 1. The number of halogens is 1. The van der Waals surface area contributed by atoms with E-state index in [-0.39, 0.29) is 42.7 Å². The van der Waals surface area contributed by atoms with Gasteiger partial charge in [0, 0.05) is 24.4 Å². The molecule has 0 aromatic heterocycles. The summed E-state index contributed by atoms with van der Waals surface area (Å²) in [6.07, 6.45) is 4.93. The maximum atomic E-state index is 12.5. The standard InChI is InChI=1S/C19H25N3O3.ClH/c20-11-15-3-1-2-4-16(15)21-19(25)14-7-5-13(6-8-14)12-22-17(23)9-10-18(22)24;/h5-8,15-16H,1-4,9-12,20H2,(H,21,25);1H. The summed E-state index contributed by atoms with van der Waals surface area (Å²) in [4.78, 5) is 37.1. The smallest absolute Gasteiger partial charge is 0.251 e. The van der Waals surface area contributed by atoms with E-state index < -0.39 is 0 Å². The summed E-state index contributed by atoms with van der Waals surface area (Å²) < 4.78 is 0. The van der Waals surface area contributed by atoms with Gasteiger partial charge in [0.05, 0.1) is 6.54 Å². The number of hydrogen-bond donors (Lipinski definition) is 2. The van der Waals surface area contributed by atoms with Crippen LogP contribution >= 0.6 is 12.4 Å². The lowest BCUT2D eigenvalue weighted by Gasteiger charge is -2.31. The number of nitrogens with zero attached hydrogens (tertiary/aromatic N) is 1. The highest BCUT2D eigenvalue weighted by Crippen LogP contribution is 2.24. The summed E-state index contributed by atoms with van der Waals surface area (Å²) in [5.74, 6) is 0.00304. The molecule has 1 aliphatic carbocycles. The minimum Gasteiger partial charge on any atom is -0.349 e. The first-order chi connectivity index (χ1) is 12.1. The van der Waals surface area contributed by atoms with Crippen molar-refractivity contribution >= 4 is 30.1 Å². The van der Waals surface area contributed by atoms with Crippen molar-refractivity contribution < 1.29 is 14.4 Å². The Morgan fingerprint density at radius 3 is 2.31 bits per heavy atom. The third-order valence-electron chi connectivity index (χ3n) is 5.24. The number of carbonyl (C=O) groups excluding carboxylic acids is 3. The number of rotatable bonds is 5.